The molecule has 0 aliphatic heterocycles. The molecule has 5 aliphatic rings. The fourth-order valence-corrected chi connectivity index (χ4v) is 7.75. The Hall–Kier alpha value is -2.23. The van der Waals surface area contributed by atoms with Crippen LogP contribution in [-0.2, 0) is 14.3 Å². The topological polar surface area (TPSA) is 60.4 Å². The smallest absolute Gasteiger partial charge is 0.338 e. The summed E-state index contributed by atoms with van der Waals surface area (Å²) in [5.41, 5.74) is 1.32. The van der Waals surface area contributed by atoms with Gasteiger partial charge in [-0.15, -0.1) is 0 Å². The standard InChI is InChI=1S/C27H30O4/c1-2-27(11-4-3-5-12-27)31-26(30)16-8-6-7-15(13-16)19-14-20-21-17-9-10-18(24(17)28)22(21)23(19)25(20)29/h6-10,13,17-23H,2-5,11-12,14H2,1H3. The Labute approximate surface area is 183 Å². The average molecular weight is 419 g/mol. The van der Waals surface area contributed by atoms with E-state index in [1.807, 2.05) is 36.4 Å². The Morgan fingerprint density at radius 3 is 2.48 bits per heavy atom. The Balaban J connectivity index is 1.25. The third kappa shape index (κ3) is 2.69. The van der Waals surface area contributed by atoms with Crippen LogP contribution in [0.3, 0.4) is 0 Å². The number of esters is 1. The number of Topliss-reactive ketones (excluding diaryl/α,β-unsaturated/α-hetero) is 2. The summed E-state index contributed by atoms with van der Waals surface area (Å²) in [6.45, 7) is 2.11. The minimum absolute atomic E-state index is 0.00473. The molecule has 4 fully saturated rings. The van der Waals surface area contributed by atoms with Gasteiger partial charge >= 0.3 is 5.97 Å². The molecule has 0 aromatic heterocycles. The van der Waals surface area contributed by atoms with Crippen LogP contribution in [0.4, 0.5) is 0 Å². The molecule has 6 rings (SSSR count). The molecule has 1 aromatic carbocycles. The van der Waals surface area contributed by atoms with Crippen LogP contribution in [0, 0.1) is 35.5 Å². The monoisotopic (exact) mass is 418 g/mol. The highest BCUT2D eigenvalue weighted by atomic mass is 16.6. The summed E-state index contributed by atoms with van der Waals surface area (Å²) in [5.74, 6) is 0.769. The molecule has 0 saturated heterocycles. The normalized spacial score (nSPS) is 39.2. The van der Waals surface area contributed by atoms with Crippen LogP contribution < -0.4 is 0 Å². The van der Waals surface area contributed by atoms with E-state index in [0.29, 0.717) is 17.1 Å². The summed E-state index contributed by atoms with van der Waals surface area (Å²) in [6, 6.07) is 7.75. The summed E-state index contributed by atoms with van der Waals surface area (Å²) < 4.78 is 6.08. The van der Waals surface area contributed by atoms with Gasteiger partial charge in [-0.3, -0.25) is 9.59 Å². The summed E-state index contributed by atoms with van der Waals surface area (Å²) in [6.07, 6.45) is 11.1. The van der Waals surface area contributed by atoms with E-state index in [9.17, 15) is 14.4 Å². The number of carbonyl (C=O) groups is 3. The van der Waals surface area contributed by atoms with Gasteiger partial charge in [0, 0.05) is 23.7 Å². The quantitative estimate of drug-likeness (QED) is 0.397. The molecule has 7 unspecified atom stereocenters. The van der Waals surface area contributed by atoms with Crippen LogP contribution in [0.1, 0.15) is 73.7 Å². The number of ether oxygens (including phenoxy) is 1. The maximum Gasteiger partial charge on any atom is 0.338 e. The van der Waals surface area contributed by atoms with Gasteiger partial charge < -0.3 is 4.74 Å². The molecule has 5 aliphatic carbocycles. The van der Waals surface area contributed by atoms with Gasteiger partial charge in [0.2, 0.25) is 0 Å². The molecule has 0 heterocycles. The zero-order valence-corrected chi connectivity index (χ0v) is 18.1. The van der Waals surface area contributed by atoms with Gasteiger partial charge in [-0.05, 0) is 74.0 Å². The van der Waals surface area contributed by atoms with E-state index in [1.54, 1.807) is 0 Å². The van der Waals surface area contributed by atoms with Crippen molar-refractivity contribution in [3.05, 3.63) is 47.5 Å². The molecule has 31 heavy (non-hydrogen) atoms. The van der Waals surface area contributed by atoms with Crippen LogP contribution in [-0.4, -0.2) is 23.1 Å². The number of fused-ring (bicyclic) bond motifs is 9. The number of hydrogen-bond acceptors (Lipinski definition) is 4. The van der Waals surface area contributed by atoms with Crippen molar-refractivity contribution in [2.45, 2.75) is 63.4 Å². The summed E-state index contributed by atoms with van der Waals surface area (Å²) in [4.78, 5) is 38.8. The maximum atomic E-state index is 13.1. The second-order valence-corrected chi connectivity index (χ2v) is 10.5. The van der Waals surface area contributed by atoms with E-state index >= 15 is 0 Å². The SMILES string of the molecule is CCC1(OC(=O)c2cccc(C3CC4C(=O)C3C3C5C=CC(C5=O)C43)c2)CCCCC1. The molecule has 0 N–H and O–H groups in total. The Morgan fingerprint density at radius 2 is 1.74 bits per heavy atom. The highest BCUT2D eigenvalue weighted by molar-refractivity contribution is 5.99. The molecular weight excluding hydrogens is 388 g/mol. The van der Waals surface area contributed by atoms with Crippen molar-refractivity contribution in [1.82, 2.24) is 0 Å². The summed E-state index contributed by atoms with van der Waals surface area (Å²) >= 11 is 0. The van der Waals surface area contributed by atoms with Crippen molar-refractivity contribution in [2.75, 3.05) is 0 Å². The van der Waals surface area contributed by atoms with Gasteiger partial charge in [0.15, 0.2) is 0 Å². The van der Waals surface area contributed by atoms with Gasteiger partial charge in [-0.25, -0.2) is 4.79 Å². The molecule has 4 bridgehead atoms. The molecule has 4 heteroatoms. The number of rotatable bonds is 4. The average Bonchev–Trinajstić information content (AvgIpc) is 3.50. The first-order valence-corrected chi connectivity index (χ1v) is 12.1. The number of allylic oxidation sites excluding steroid dienone is 2. The number of ketones is 2. The highest BCUT2D eigenvalue weighted by Crippen LogP contribution is 2.66. The Bertz CT molecular complexity index is 985. The lowest BCUT2D eigenvalue weighted by molar-refractivity contribution is -0.125. The van der Waals surface area contributed by atoms with Gasteiger partial charge in [0.25, 0.3) is 0 Å². The zero-order valence-electron chi connectivity index (χ0n) is 18.1. The first-order chi connectivity index (χ1) is 15.0. The Kier molecular flexibility index (Phi) is 4.32. The van der Waals surface area contributed by atoms with Crippen LogP contribution in [0.5, 0.6) is 0 Å². The lowest BCUT2D eigenvalue weighted by atomic mass is 9.68. The molecule has 4 nitrogen and oxygen atoms in total. The van der Waals surface area contributed by atoms with Crippen LogP contribution in [0.2, 0.25) is 0 Å². The lowest BCUT2D eigenvalue weighted by Gasteiger charge is -2.36. The maximum absolute atomic E-state index is 13.1. The fourth-order valence-electron chi connectivity index (χ4n) is 7.75. The molecule has 0 spiro atoms. The van der Waals surface area contributed by atoms with Gasteiger partial charge in [-0.2, -0.15) is 0 Å². The molecule has 0 amide bonds. The van der Waals surface area contributed by atoms with Crippen molar-refractivity contribution >= 4 is 17.5 Å². The third-order valence-electron chi connectivity index (χ3n) is 9.24. The minimum Gasteiger partial charge on any atom is -0.455 e. The van der Waals surface area contributed by atoms with Crippen LogP contribution in [0.15, 0.2) is 36.4 Å². The highest BCUT2D eigenvalue weighted by Gasteiger charge is 2.68. The van der Waals surface area contributed by atoms with Crippen molar-refractivity contribution in [2.24, 2.45) is 35.5 Å². The van der Waals surface area contributed by atoms with E-state index in [4.69, 9.17) is 4.74 Å². The molecule has 4 saturated carbocycles. The minimum atomic E-state index is -0.323. The van der Waals surface area contributed by atoms with E-state index < -0.39 is 0 Å². The number of hydrogen-bond donors (Lipinski definition) is 0. The van der Waals surface area contributed by atoms with E-state index in [0.717, 1.165) is 44.1 Å². The van der Waals surface area contributed by atoms with Gasteiger partial charge in [-0.1, -0.05) is 37.6 Å². The summed E-state index contributed by atoms with van der Waals surface area (Å²) in [5, 5.41) is 0. The lowest BCUT2D eigenvalue weighted by Crippen LogP contribution is -2.36. The largest absolute Gasteiger partial charge is 0.455 e. The van der Waals surface area contributed by atoms with E-state index in [2.05, 4.69) is 6.92 Å². The van der Waals surface area contributed by atoms with Gasteiger partial charge in [0.1, 0.15) is 17.2 Å². The van der Waals surface area contributed by atoms with Crippen molar-refractivity contribution < 1.29 is 19.1 Å². The van der Waals surface area contributed by atoms with Crippen molar-refractivity contribution in [1.29, 1.82) is 0 Å². The predicted octanol–water partition coefficient (Wildman–Crippen LogP) is 4.88. The number of carbonyl (C=O) groups excluding carboxylic acids is 3. The fraction of sp³-hybridized carbons (Fsp3) is 0.593. The first-order valence-electron chi connectivity index (χ1n) is 12.1. The second kappa shape index (κ2) is 6.88. The Morgan fingerprint density at radius 1 is 1.00 bits per heavy atom. The molecule has 0 radical (unpaired) electrons. The van der Waals surface area contributed by atoms with Crippen molar-refractivity contribution in [3.63, 3.8) is 0 Å². The van der Waals surface area contributed by atoms with E-state index in [1.165, 1.54) is 6.42 Å². The number of benzene rings is 1. The van der Waals surface area contributed by atoms with Crippen LogP contribution in [0.25, 0.3) is 0 Å². The predicted molar refractivity (Wildman–Crippen MR) is 115 cm³/mol. The molecule has 1 aromatic rings. The third-order valence-corrected chi connectivity index (χ3v) is 9.24. The molecule has 162 valence electrons. The zero-order chi connectivity index (χ0) is 21.3. The van der Waals surface area contributed by atoms with E-state index in [-0.39, 0.29) is 53.0 Å². The molecular formula is C27H30O4. The first kappa shape index (κ1) is 19.5. The van der Waals surface area contributed by atoms with Gasteiger partial charge in [0.05, 0.1) is 5.56 Å². The van der Waals surface area contributed by atoms with Crippen LogP contribution >= 0.6 is 0 Å². The second-order valence-electron chi connectivity index (χ2n) is 10.5. The van der Waals surface area contributed by atoms with Crippen molar-refractivity contribution in [3.8, 4) is 0 Å². The molecule has 7 atom stereocenters. The summed E-state index contributed by atoms with van der Waals surface area (Å²) in [7, 11) is 0.